The van der Waals surface area contributed by atoms with Gasteiger partial charge in [0.15, 0.2) is 0 Å². The van der Waals surface area contributed by atoms with E-state index in [2.05, 4.69) is 4.98 Å². The molecular weight excluding hydrogens is 258 g/mol. The number of para-hydroxylation sites is 1. The van der Waals surface area contributed by atoms with Gasteiger partial charge in [0, 0.05) is 11.5 Å². The van der Waals surface area contributed by atoms with Crippen molar-refractivity contribution in [3.63, 3.8) is 0 Å². The molecule has 0 spiro atoms. The van der Waals surface area contributed by atoms with E-state index in [0.29, 0.717) is 30.0 Å². The van der Waals surface area contributed by atoms with E-state index in [4.69, 9.17) is 9.47 Å². The Morgan fingerprint density at radius 1 is 1.30 bits per heavy atom. The molecule has 0 aliphatic carbocycles. The number of rotatable bonds is 6. The molecule has 0 bridgehead atoms. The molecule has 1 aromatic carbocycles. The monoisotopic (exact) mass is 275 g/mol. The van der Waals surface area contributed by atoms with Crippen molar-refractivity contribution in [2.75, 3.05) is 13.2 Å². The van der Waals surface area contributed by atoms with Crippen molar-refractivity contribution in [1.82, 2.24) is 4.98 Å². The average Bonchev–Trinajstić information content (AvgIpc) is 2.42. The van der Waals surface area contributed by atoms with Gasteiger partial charge in [-0.3, -0.25) is 0 Å². The third-order valence-corrected chi connectivity index (χ3v) is 2.71. The summed E-state index contributed by atoms with van der Waals surface area (Å²) >= 11 is 0. The summed E-state index contributed by atoms with van der Waals surface area (Å²) in [4.78, 5) is 15.6. The van der Waals surface area contributed by atoms with Crippen LogP contribution in [-0.4, -0.2) is 35.4 Å². The molecule has 0 fully saturated rings. The molecule has 2 aromatic rings. The summed E-state index contributed by atoms with van der Waals surface area (Å²) in [6.07, 6.45) is 0.137. The number of carboxylic acids is 1. The standard InChI is InChI=1S/C15H17NO4/c1-10(2)19-7-8-20-14-9-12(15(17)18)11-5-3-4-6-13(11)16-14/h3-6,9-10H,7-8H2,1-2H3,(H,17,18). The molecule has 1 heterocycles. The van der Waals surface area contributed by atoms with Crippen molar-refractivity contribution in [2.24, 2.45) is 0 Å². The number of hydrogen-bond donors (Lipinski definition) is 1. The Balaban J connectivity index is 2.20. The molecule has 106 valence electrons. The highest BCUT2D eigenvalue weighted by atomic mass is 16.5. The fraction of sp³-hybridized carbons (Fsp3) is 0.333. The molecule has 0 aliphatic heterocycles. The van der Waals surface area contributed by atoms with Crippen LogP contribution in [0.2, 0.25) is 0 Å². The SMILES string of the molecule is CC(C)OCCOc1cc(C(=O)O)c2ccccc2n1. The van der Waals surface area contributed by atoms with Crippen molar-refractivity contribution >= 4 is 16.9 Å². The van der Waals surface area contributed by atoms with Crippen LogP contribution in [0.5, 0.6) is 5.88 Å². The van der Waals surface area contributed by atoms with E-state index in [9.17, 15) is 9.90 Å². The predicted molar refractivity (Wildman–Crippen MR) is 75.3 cm³/mol. The number of carboxylic acid groups (broad SMARTS) is 1. The van der Waals surface area contributed by atoms with Crippen LogP contribution >= 0.6 is 0 Å². The van der Waals surface area contributed by atoms with Crippen molar-refractivity contribution in [2.45, 2.75) is 20.0 Å². The van der Waals surface area contributed by atoms with Crippen LogP contribution in [0, 0.1) is 0 Å². The predicted octanol–water partition coefficient (Wildman–Crippen LogP) is 2.74. The van der Waals surface area contributed by atoms with Gasteiger partial charge >= 0.3 is 5.97 Å². The first kappa shape index (κ1) is 14.3. The van der Waals surface area contributed by atoms with Gasteiger partial charge < -0.3 is 14.6 Å². The molecule has 5 heteroatoms. The molecule has 0 radical (unpaired) electrons. The second kappa shape index (κ2) is 6.34. The third-order valence-electron chi connectivity index (χ3n) is 2.71. The van der Waals surface area contributed by atoms with Gasteiger partial charge in [-0.15, -0.1) is 0 Å². The van der Waals surface area contributed by atoms with Gasteiger partial charge in [-0.25, -0.2) is 9.78 Å². The number of fused-ring (bicyclic) bond motifs is 1. The lowest BCUT2D eigenvalue weighted by Gasteiger charge is -2.10. The fourth-order valence-corrected chi connectivity index (χ4v) is 1.83. The topological polar surface area (TPSA) is 68.7 Å². The largest absolute Gasteiger partial charge is 0.478 e. The minimum atomic E-state index is -0.994. The van der Waals surface area contributed by atoms with E-state index in [0.717, 1.165) is 0 Å². The highest BCUT2D eigenvalue weighted by Crippen LogP contribution is 2.22. The first-order valence-corrected chi connectivity index (χ1v) is 6.45. The molecule has 20 heavy (non-hydrogen) atoms. The minimum absolute atomic E-state index is 0.137. The number of hydrogen-bond acceptors (Lipinski definition) is 4. The zero-order chi connectivity index (χ0) is 14.5. The zero-order valence-corrected chi connectivity index (χ0v) is 11.5. The van der Waals surface area contributed by atoms with E-state index >= 15 is 0 Å². The maximum absolute atomic E-state index is 11.3. The summed E-state index contributed by atoms with van der Waals surface area (Å²) in [5.41, 5.74) is 0.794. The van der Waals surface area contributed by atoms with Crippen LogP contribution < -0.4 is 4.74 Å². The van der Waals surface area contributed by atoms with E-state index in [1.54, 1.807) is 18.2 Å². The van der Waals surface area contributed by atoms with Crippen molar-refractivity contribution in [3.05, 3.63) is 35.9 Å². The number of nitrogens with zero attached hydrogens (tertiary/aromatic N) is 1. The van der Waals surface area contributed by atoms with E-state index < -0.39 is 5.97 Å². The lowest BCUT2D eigenvalue weighted by Crippen LogP contribution is -2.12. The molecule has 5 nitrogen and oxygen atoms in total. The van der Waals surface area contributed by atoms with Gasteiger partial charge in [-0.1, -0.05) is 18.2 Å². The minimum Gasteiger partial charge on any atom is -0.478 e. The normalized spacial score (nSPS) is 10.9. The first-order chi connectivity index (χ1) is 9.58. The van der Waals surface area contributed by atoms with Crippen LogP contribution in [0.3, 0.4) is 0 Å². The Kier molecular flexibility index (Phi) is 4.53. The highest BCUT2D eigenvalue weighted by molar-refractivity contribution is 6.02. The summed E-state index contributed by atoms with van der Waals surface area (Å²) in [5.74, 6) is -0.694. The Bertz CT molecular complexity index is 610. The molecule has 2 rings (SSSR count). The van der Waals surface area contributed by atoms with E-state index in [1.807, 2.05) is 19.9 Å². The van der Waals surface area contributed by atoms with Crippen LogP contribution in [0.25, 0.3) is 10.9 Å². The molecule has 0 saturated heterocycles. The lowest BCUT2D eigenvalue weighted by molar-refractivity contribution is 0.0542. The molecule has 1 N–H and O–H groups in total. The molecule has 0 unspecified atom stereocenters. The Labute approximate surface area is 117 Å². The molecule has 0 aliphatic rings. The smallest absolute Gasteiger partial charge is 0.336 e. The van der Waals surface area contributed by atoms with Crippen LogP contribution in [-0.2, 0) is 4.74 Å². The number of carbonyl (C=O) groups is 1. The molecule has 1 aromatic heterocycles. The van der Waals surface area contributed by atoms with Gasteiger partial charge in [-0.2, -0.15) is 0 Å². The van der Waals surface area contributed by atoms with Gasteiger partial charge in [-0.05, 0) is 19.9 Å². The molecular formula is C15H17NO4. The Hall–Kier alpha value is -2.14. The second-order valence-electron chi connectivity index (χ2n) is 4.60. The number of aromatic nitrogens is 1. The van der Waals surface area contributed by atoms with Crippen LogP contribution in [0.1, 0.15) is 24.2 Å². The highest BCUT2D eigenvalue weighted by Gasteiger charge is 2.12. The fourth-order valence-electron chi connectivity index (χ4n) is 1.83. The van der Waals surface area contributed by atoms with Crippen molar-refractivity contribution < 1.29 is 19.4 Å². The number of benzene rings is 1. The van der Waals surface area contributed by atoms with Gasteiger partial charge in [0.2, 0.25) is 5.88 Å². The van der Waals surface area contributed by atoms with E-state index in [1.165, 1.54) is 6.07 Å². The maximum Gasteiger partial charge on any atom is 0.336 e. The quantitative estimate of drug-likeness (QED) is 0.821. The van der Waals surface area contributed by atoms with Crippen molar-refractivity contribution in [1.29, 1.82) is 0 Å². The Morgan fingerprint density at radius 3 is 2.75 bits per heavy atom. The zero-order valence-electron chi connectivity index (χ0n) is 11.5. The van der Waals surface area contributed by atoms with Crippen LogP contribution in [0.15, 0.2) is 30.3 Å². The number of ether oxygens (including phenoxy) is 2. The van der Waals surface area contributed by atoms with Gasteiger partial charge in [0.05, 0.1) is 23.8 Å². The number of aromatic carboxylic acids is 1. The maximum atomic E-state index is 11.3. The average molecular weight is 275 g/mol. The summed E-state index contributed by atoms with van der Waals surface area (Å²) < 4.78 is 10.8. The summed E-state index contributed by atoms with van der Waals surface area (Å²) in [5, 5.41) is 9.85. The summed E-state index contributed by atoms with van der Waals surface area (Å²) in [6, 6.07) is 8.54. The molecule has 0 saturated carbocycles. The lowest BCUT2D eigenvalue weighted by atomic mass is 10.1. The second-order valence-corrected chi connectivity index (χ2v) is 4.60. The number of pyridine rings is 1. The summed E-state index contributed by atoms with van der Waals surface area (Å²) in [6.45, 7) is 4.66. The van der Waals surface area contributed by atoms with E-state index in [-0.39, 0.29) is 11.7 Å². The first-order valence-electron chi connectivity index (χ1n) is 6.45. The summed E-state index contributed by atoms with van der Waals surface area (Å²) in [7, 11) is 0. The third kappa shape index (κ3) is 3.45. The Morgan fingerprint density at radius 2 is 2.05 bits per heavy atom. The van der Waals surface area contributed by atoms with Crippen LogP contribution in [0.4, 0.5) is 0 Å². The van der Waals surface area contributed by atoms with Gasteiger partial charge in [0.25, 0.3) is 0 Å². The van der Waals surface area contributed by atoms with Crippen molar-refractivity contribution in [3.8, 4) is 5.88 Å². The molecule has 0 amide bonds. The van der Waals surface area contributed by atoms with Gasteiger partial charge in [0.1, 0.15) is 6.61 Å². The molecule has 0 atom stereocenters.